The standard InChI is InChI=1S/C12H13NO5S.C8H10O/c14-10(13-9(11(15)16)12(17)18)8(19)6-7-4-2-1-3-5-7;1-7-3-5-8(9-2)6-4-7/h1-5,8-9,19H,6H2,(H,13,14)(H,15,16)(H,17,18);3-6H,1-2H3. The number of methoxy groups -OCH3 is 1. The van der Waals surface area contributed by atoms with E-state index in [0.29, 0.717) is 0 Å². The molecule has 28 heavy (non-hydrogen) atoms. The molecule has 0 fully saturated rings. The topological polar surface area (TPSA) is 113 Å². The summed E-state index contributed by atoms with van der Waals surface area (Å²) in [6.45, 7) is 2.06. The van der Waals surface area contributed by atoms with Crippen LogP contribution in [0.25, 0.3) is 0 Å². The van der Waals surface area contributed by atoms with E-state index in [4.69, 9.17) is 14.9 Å². The second kappa shape index (κ2) is 11.7. The summed E-state index contributed by atoms with van der Waals surface area (Å²) in [6.07, 6.45) is 0.280. The largest absolute Gasteiger partial charge is 0.497 e. The average molecular weight is 405 g/mol. The Labute approximate surface area is 168 Å². The van der Waals surface area contributed by atoms with Gasteiger partial charge in [-0.1, -0.05) is 48.0 Å². The van der Waals surface area contributed by atoms with Crippen molar-refractivity contribution in [3.63, 3.8) is 0 Å². The molecule has 0 aromatic heterocycles. The normalized spacial score (nSPS) is 11.0. The first kappa shape index (κ1) is 23.0. The quantitative estimate of drug-likeness (QED) is 0.415. The van der Waals surface area contributed by atoms with Crippen molar-refractivity contribution >= 4 is 30.5 Å². The summed E-state index contributed by atoms with van der Waals surface area (Å²) in [5, 5.41) is 18.4. The maximum absolute atomic E-state index is 11.7. The Hall–Kier alpha value is -3.00. The molecule has 0 aliphatic rings. The molecule has 0 aliphatic heterocycles. The highest BCUT2D eigenvalue weighted by atomic mass is 32.1. The fourth-order valence-corrected chi connectivity index (χ4v) is 2.36. The zero-order valence-corrected chi connectivity index (χ0v) is 16.4. The van der Waals surface area contributed by atoms with Gasteiger partial charge in [-0.2, -0.15) is 12.6 Å². The molecule has 2 aromatic carbocycles. The van der Waals surface area contributed by atoms with Crippen LogP contribution in [0.1, 0.15) is 11.1 Å². The Balaban J connectivity index is 0.000000362. The number of benzene rings is 2. The molecule has 0 aliphatic carbocycles. The maximum Gasteiger partial charge on any atom is 0.338 e. The molecule has 8 heteroatoms. The number of aliphatic carboxylic acids is 2. The first-order valence-electron chi connectivity index (χ1n) is 8.33. The minimum atomic E-state index is -1.96. The maximum atomic E-state index is 11.7. The van der Waals surface area contributed by atoms with Gasteiger partial charge in [-0.25, -0.2) is 9.59 Å². The molecule has 7 nitrogen and oxygen atoms in total. The first-order valence-corrected chi connectivity index (χ1v) is 8.85. The van der Waals surface area contributed by atoms with Crippen LogP contribution in [0.15, 0.2) is 54.6 Å². The summed E-state index contributed by atoms with van der Waals surface area (Å²) >= 11 is 4.05. The Morgan fingerprint density at radius 3 is 2.00 bits per heavy atom. The Morgan fingerprint density at radius 1 is 1.00 bits per heavy atom. The monoisotopic (exact) mass is 405 g/mol. The number of ether oxygens (including phenoxy) is 1. The molecule has 0 spiro atoms. The van der Waals surface area contributed by atoms with Crippen LogP contribution in [0.4, 0.5) is 0 Å². The SMILES string of the molecule is COc1ccc(C)cc1.O=C(NC(C(=O)O)C(=O)O)C(S)Cc1ccccc1. The molecule has 2 aromatic rings. The molecular weight excluding hydrogens is 382 g/mol. The van der Waals surface area contributed by atoms with Gasteiger partial charge >= 0.3 is 11.9 Å². The molecule has 3 N–H and O–H groups in total. The number of hydrogen-bond acceptors (Lipinski definition) is 5. The van der Waals surface area contributed by atoms with E-state index in [1.165, 1.54) is 5.56 Å². The Bertz CT molecular complexity index is 765. The molecule has 0 saturated carbocycles. The van der Waals surface area contributed by atoms with E-state index < -0.39 is 29.1 Å². The van der Waals surface area contributed by atoms with Crippen LogP contribution in [0, 0.1) is 6.92 Å². The van der Waals surface area contributed by atoms with Gasteiger partial charge in [0.15, 0.2) is 0 Å². The van der Waals surface area contributed by atoms with Crippen molar-refractivity contribution in [1.82, 2.24) is 5.32 Å². The molecule has 2 rings (SSSR count). The summed E-state index contributed by atoms with van der Waals surface area (Å²) in [6, 6.07) is 15.0. The van der Waals surface area contributed by atoms with E-state index in [1.54, 1.807) is 31.4 Å². The van der Waals surface area contributed by atoms with Gasteiger partial charge in [0.1, 0.15) is 5.75 Å². The predicted octanol–water partition coefficient (Wildman–Crippen LogP) is 2.19. The number of carboxylic acids is 2. The summed E-state index contributed by atoms with van der Waals surface area (Å²) in [5.41, 5.74) is 2.11. The van der Waals surface area contributed by atoms with E-state index >= 15 is 0 Å². The van der Waals surface area contributed by atoms with E-state index in [9.17, 15) is 14.4 Å². The fourth-order valence-electron chi connectivity index (χ4n) is 2.07. The second-order valence-corrected chi connectivity index (χ2v) is 6.46. The highest BCUT2D eigenvalue weighted by Crippen LogP contribution is 2.09. The molecule has 0 heterocycles. The summed E-state index contributed by atoms with van der Waals surface area (Å²) in [7, 11) is 1.67. The molecule has 150 valence electrons. The van der Waals surface area contributed by atoms with Crippen molar-refractivity contribution in [3.8, 4) is 5.75 Å². The van der Waals surface area contributed by atoms with Crippen LogP contribution in [0.3, 0.4) is 0 Å². The molecule has 0 radical (unpaired) electrons. The molecule has 1 amide bonds. The average Bonchev–Trinajstić information content (AvgIpc) is 2.67. The third kappa shape index (κ3) is 8.13. The highest BCUT2D eigenvalue weighted by Gasteiger charge is 2.29. The van der Waals surface area contributed by atoms with Crippen LogP contribution in [0.2, 0.25) is 0 Å². The van der Waals surface area contributed by atoms with Gasteiger partial charge in [0, 0.05) is 0 Å². The summed E-state index contributed by atoms with van der Waals surface area (Å²) in [5.74, 6) is -3.07. The zero-order chi connectivity index (χ0) is 21.1. The molecule has 1 unspecified atom stereocenters. The van der Waals surface area contributed by atoms with Gasteiger partial charge in [-0.05, 0) is 31.0 Å². The van der Waals surface area contributed by atoms with Gasteiger partial charge in [-0.15, -0.1) is 0 Å². The van der Waals surface area contributed by atoms with Crippen molar-refractivity contribution < 1.29 is 29.3 Å². The van der Waals surface area contributed by atoms with Gasteiger partial charge in [0.05, 0.1) is 12.4 Å². The van der Waals surface area contributed by atoms with E-state index in [0.717, 1.165) is 11.3 Å². The number of aryl methyl sites for hydroxylation is 1. The molecule has 0 bridgehead atoms. The minimum absolute atomic E-state index is 0.280. The lowest BCUT2D eigenvalue weighted by atomic mass is 10.1. The lowest BCUT2D eigenvalue weighted by molar-refractivity contribution is -0.153. The second-order valence-electron chi connectivity index (χ2n) is 5.84. The van der Waals surface area contributed by atoms with Crippen molar-refractivity contribution in [3.05, 3.63) is 65.7 Å². The molecular formula is C20H23NO6S. The van der Waals surface area contributed by atoms with Gasteiger partial charge in [-0.3, -0.25) is 4.79 Å². The third-order valence-electron chi connectivity index (χ3n) is 3.61. The number of rotatable bonds is 7. The smallest absolute Gasteiger partial charge is 0.338 e. The molecule has 1 atom stereocenters. The van der Waals surface area contributed by atoms with Crippen molar-refractivity contribution in [2.24, 2.45) is 0 Å². The number of carboxylic acid groups (broad SMARTS) is 2. The van der Waals surface area contributed by atoms with Crippen LogP contribution in [-0.4, -0.2) is 46.5 Å². The summed E-state index contributed by atoms with van der Waals surface area (Å²) in [4.78, 5) is 32.9. The van der Waals surface area contributed by atoms with Gasteiger partial charge in [0.25, 0.3) is 0 Å². The lowest BCUT2D eigenvalue weighted by Crippen LogP contribution is -2.49. The van der Waals surface area contributed by atoms with Gasteiger partial charge in [0.2, 0.25) is 11.9 Å². The third-order valence-corrected chi connectivity index (χ3v) is 4.03. The van der Waals surface area contributed by atoms with Gasteiger partial charge < -0.3 is 20.3 Å². The number of thiol groups is 1. The number of nitrogens with one attached hydrogen (secondary N) is 1. The van der Waals surface area contributed by atoms with Crippen LogP contribution >= 0.6 is 12.6 Å². The van der Waals surface area contributed by atoms with Crippen molar-refractivity contribution in [2.45, 2.75) is 24.6 Å². The summed E-state index contributed by atoms with van der Waals surface area (Å²) < 4.78 is 4.97. The van der Waals surface area contributed by atoms with E-state index in [2.05, 4.69) is 19.6 Å². The molecule has 0 saturated heterocycles. The van der Waals surface area contributed by atoms with E-state index in [-0.39, 0.29) is 6.42 Å². The highest BCUT2D eigenvalue weighted by molar-refractivity contribution is 7.81. The number of carbonyl (C=O) groups excluding carboxylic acids is 1. The Morgan fingerprint density at radius 2 is 1.54 bits per heavy atom. The van der Waals surface area contributed by atoms with Crippen LogP contribution in [-0.2, 0) is 20.8 Å². The van der Waals surface area contributed by atoms with Crippen LogP contribution in [0.5, 0.6) is 5.75 Å². The van der Waals surface area contributed by atoms with E-state index in [1.807, 2.05) is 35.6 Å². The van der Waals surface area contributed by atoms with Crippen molar-refractivity contribution in [2.75, 3.05) is 7.11 Å². The minimum Gasteiger partial charge on any atom is -0.497 e. The zero-order valence-electron chi connectivity index (χ0n) is 15.5. The number of carbonyl (C=O) groups is 3. The first-order chi connectivity index (χ1) is 13.2. The van der Waals surface area contributed by atoms with Crippen molar-refractivity contribution in [1.29, 1.82) is 0 Å². The number of amides is 1. The number of hydrogen-bond donors (Lipinski definition) is 4. The Kier molecular flexibility index (Phi) is 9.59. The predicted molar refractivity (Wildman–Crippen MR) is 108 cm³/mol. The fraction of sp³-hybridized carbons (Fsp3) is 0.250. The lowest BCUT2D eigenvalue weighted by Gasteiger charge is -2.14. The van der Waals surface area contributed by atoms with Crippen LogP contribution < -0.4 is 10.1 Å².